The molecule has 2 aromatic carbocycles. The first-order valence-corrected chi connectivity index (χ1v) is 15.1. The monoisotopic (exact) mass is 523 g/mol. The summed E-state index contributed by atoms with van der Waals surface area (Å²) in [6.45, 7) is 13.8. The van der Waals surface area contributed by atoms with Crippen molar-refractivity contribution in [3.63, 3.8) is 0 Å². The van der Waals surface area contributed by atoms with Gasteiger partial charge in [0.1, 0.15) is 30.1 Å². The minimum Gasteiger partial charge on any atom is -0.491 e. The number of fused-ring (bicyclic) bond motifs is 1. The van der Waals surface area contributed by atoms with Crippen LogP contribution in [-0.2, 0) is 4.43 Å². The standard InChI is InChI=1S/C27H34FN5O3Si/c1-17-15-23(33-32-17)30-25-21-12-11-20(35-13-14-36-37(5,6)27(2,3)4)16-22(21)29-26(31-25)24(34)18-7-9-19(28)10-8-18/h7-12,15-16,24,34H,13-14H2,1-6H3,(H2,29,30,31,32,33). The summed E-state index contributed by atoms with van der Waals surface area (Å²) in [6.07, 6.45) is -1.14. The third-order valence-corrected chi connectivity index (χ3v) is 11.2. The molecule has 3 N–H and O–H groups in total. The van der Waals surface area contributed by atoms with Crippen molar-refractivity contribution in [3.8, 4) is 5.75 Å². The third kappa shape index (κ3) is 6.33. The number of benzene rings is 2. The van der Waals surface area contributed by atoms with Gasteiger partial charge >= 0.3 is 0 Å². The minimum absolute atomic E-state index is 0.130. The first-order valence-electron chi connectivity index (χ1n) is 12.2. The second kappa shape index (κ2) is 10.6. The van der Waals surface area contributed by atoms with Crippen LogP contribution in [0.4, 0.5) is 16.0 Å². The van der Waals surface area contributed by atoms with Crippen molar-refractivity contribution < 1.29 is 18.7 Å². The molecule has 8 nitrogen and oxygen atoms in total. The van der Waals surface area contributed by atoms with E-state index < -0.39 is 14.4 Å². The summed E-state index contributed by atoms with van der Waals surface area (Å²) in [5, 5.41) is 22.2. The summed E-state index contributed by atoms with van der Waals surface area (Å²) >= 11 is 0. The Labute approximate surface area is 217 Å². The maximum atomic E-state index is 13.4. The van der Waals surface area contributed by atoms with Gasteiger partial charge in [-0.2, -0.15) is 5.10 Å². The number of aryl methyl sites for hydroxylation is 1. The highest BCUT2D eigenvalue weighted by Gasteiger charge is 2.36. The predicted octanol–water partition coefficient (Wildman–Crippen LogP) is 6.03. The van der Waals surface area contributed by atoms with Gasteiger partial charge in [-0.25, -0.2) is 14.4 Å². The summed E-state index contributed by atoms with van der Waals surface area (Å²) in [5.74, 6) is 1.50. The average molecular weight is 524 g/mol. The van der Waals surface area contributed by atoms with Gasteiger partial charge in [-0.1, -0.05) is 32.9 Å². The summed E-state index contributed by atoms with van der Waals surface area (Å²) in [6, 6.07) is 13.0. The maximum absolute atomic E-state index is 13.4. The van der Waals surface area contributed by atoms with Crippen molar-refractivity contribution in [2.45, 2.75) is 51.9 Å². The van der Waals surface area contributed by atoms with Crippen LogP contribution in [0.15, 0.2) is 48.5 Å². The topological polar surface area (TPSA) is 105 Å². The zero-order valence-corrected chi connectivity index (χ0v) is 23.1. The molecule has 10 heteroatoms. The smallest absolute Gasteiger partial charge is 0.192 e. The van der Waals surface area contributed by atoms with E-state index in [0.29, 0.717) is 41.7 Å². The van der Waals surface area contributed by atoms with Crippen molar-refractivity contribution in [1.82, 2.24) is 20.2 Å². The fourth-order valence-electron chi connectivity index (χ4n) is 3.51. The van der Waals surface area contributed by atoms with E-state index in [0.717, 1.165) is 11.1 Å². The molecule has 0 spiro atoms. The number of aliphatic hydroxyl groups excluding tert-OH is 1. The molecule has 196 valence electrons. The fraction of sp³-hybridized carbons (Fsp3) is 0.370. The highest BCUT2D eigenvalue weighted by atomic mass is 28.4. The molecule has 1 atom stereocenters. The van der Waals surface area contributed by atoms with Crippen LogP contribution in [0.2, 0.25) is 18.1 Å². The number of nitrogens with zero attached hydrogens (tertiary/aromatic N) is 3. The number of rotatable bonds is 9. The van der Waals surface area contributed by atoms with Gasteiger partial charge in [0.15, 0.2) is 20.0 Å². The van der Waals surface area contributed by atoms with Crippen LogP contribution in [-0.4, -0.2) is 46.8 Å². The van der Waals surface area contributed by atoms with E-state index in [1.807, 2.05) is 31.2 Å². The Hall–Kier alpha value is -3.34. The Morgan fingerprint density at radius 1 is 1.05 bits per heavy atom. The van der Waals surface area contributed by atoms with Gasteiger partial charge < -0.3 is 19.6 Å². The molecule has 0 saturated carbocycles. The molecular formula is C27H34FN5O3Si. The number of hydrogen-bond acceptors (Lipinski definition) is 7. The van der Waals surface area contributed by atoms with Gasteiger partial charge in [-0.15, -0.1) is 0 Å². The molecule has 4 aromatic rings. The van der Waals surface area contributed by atoms with Gasteiger partial charge in [0.2, 0.25) is 0 Å². The van der Waals surface area contributed by atoms with E-state index in [4.69, 9.17) is 9.16 Å². The number of aromatic nitrogens is 4. The Morgan fingerprint density at radius 2 is 1.78 bits per heavy atom. The average Bonchev–Trinajstić information content (AvgIpc) is 3.25. The molecule has 0 aliphatic heterocycles. The fourth-order valence-corrected chi connectivity index (χ4v) is 4.53. The minimum atomic E-state index is -1.85. The van der Waals surface area contributed by atoms with E-state index in [9.17, 15) is 9.50 Å². The normalized spacial score (nSPS) is 13.1. The molecule has 0 aliphatic carbocycles. The molecule has 0 amide bonds. The lowest BCUT2D eigenvalue weighted by molar-refractivity contribution is 0.203. The SMILES string of the molecule is Cc1cc(Nc2nc(C(O)c3ccc(F)cc3)nc3cc(OCCO[Si](C)(C)C(C)(C)C)ccc23)n[nH]1. The number of H-pyrrole nitrogens is 1. The van der Waals surface area contributed by atoms with Gasteiger partial charge in [0, 0.05) is 23.2 Å². The second-order valence-electron chi connectivity index (χ2n) is 10.6. The summed E-state index contributed by atoms with van der Waals surface area (Å²) in [5.41, 5.74) is 1.96. The highest BCUT2D eigenvalue weighted by molar-refractivity contribution is 6.74. The molecule has 0 radical (unpaired) electrons. The number of aromatic amines is 1. The molecule has 0 bridgehead atoms. The molecule has 0 fully saturated rings. The highest BCUT2D eigenvalue weighted by Crippen LogP contribution is 2.36. The van der Waals surface area contributed by atoms with E-state index in [2.05, 4.69) is 59.3 Å². The van der Waals surface area contributed by atoms with Gasteiger partial charge in [0.25, 0.3) is 0 Å². The Balaban J connectivity index is 1.61. The lowest BCUT2D eigenvalue weighted by Gasteiger charge is -2.36. The Bertz CT molecular complexity index is 1370. The molecule has 4 rings (SSSR count). The van der Waals surface area contributed by atoms with Crippen molar-refractivity contribution in [2.75, 3.05) is 18.5 Å². The molecule has 0 aliphatic rings. The van der Waals surface area contributed by atoms with E-state index in [-0.39, 0.29) is 16.7 Å². The third-order valence-electron chi connectivity index (χ3n) is 6.69. The maximum Gasteiger partial charge on any atom is 0.192 e. The first kappa shape index (κ1) is 26.7. The van der Waals surface area contributed by atoms with Crippen LogP contribution in [0.5, 0.6) is 5.75 Å². The van der Waals surface area contributed by atoms with Crippen LogP contribution in [0, 0.1) is 12.7 Å². The second-order valence-corrected chi connectivity index (χ2v) is 15.4. The van der Waals surface area contributed by atoms with Gasteiger partial charge in [0.05, 0.1) is 12.1 Å². The zero-order chi connectivity index (χ0) is 26.8. The molecule has 0 saturated heterocycles. The van der Waals surface area contributed by atoms with E-state index in [1.165, 1.54) is 24.3 Å². The number of aliphatic hydroxyl groups is 1. The largest absolute Gasteiger partial charge is 0.491 e. The van der Waals surface area contributed by atoms with E-state index >= 15 is 0 Å². The van der Waals surface area contributed by atoms with Crippen LogP contribution in [0.25, 0.3) is 10.9 Å². The number of anilines is 2. The lowest BCUT2D eigenvalue weighted by atomic mass is 10.1. The van der Waals surface area contributed by atoms with Gasteiger partial charge in [-0.05, 0) is 54.9 Å². The quantitative estimate of drug-likeness (QED) is 0.182. The summed E-state index contributed by atoms with van der Waals surface area (Å²) in [4.78, 5) is 9.20. The lowest BCUT2D eigenvalue weighted by Crippen LogP contribution is -2.41. The Morgan fingerprint density at radius 3 is 2.43 bits per heavy atom. The van der Waals surface area contributed by atoms with Crippen molar-refractivity contribution in [3.05, 3.63) is 71.4 Å². The molecule has 2 heterocycles. The molecule has 1 unspecified atom stereocenters. The number of nitrogens with one attached hydrogen (secondary N) is 2. The van der Waals surface area contributed by atoms with Crippen LogP contribution in [0.1, 0.15) is 44.0 Å². The van der Waals surface area contributed by atoms with Crippen LogP contribution >= 0.6 is 0 Å². The number of ether oxygens (including phenoxy) is 1. The van der Waals surface area contributed by atoms with Gasteiger partial charge in [-0.3, -0.25) is 5.10 Å². The van der Waals surface area contributed by atoms with Crippen molar-refractivity contribution >= 4 is 30.9 Å². The predicted molar refractivity (Wildman–Crippen MR) is 145 cm³/mol. The first-order chi connectivity index (χ1) is 17.4. The van der Waals surface area contributed by atoms with Crippen molar-refractivity contribution in [1.29, 1.82) is 0 Å². The number of halogens is 1. The molecular weight excluding hydrogens is 489 g/mol. The van der Waals surface area contributed by atoms with Crippen molar-refractivity contribution in [2.24, 2.45) is 0 Å². The molecule has 37 heavy (non-hydrogen) atoms. The summed E-state index contributed by atoms with van der Waals surface area (Å²) < 4.78 is 25.6. The van der Waals surface area contributed by atoms with Crippen LogP contribution in [0.3, 0.4) is 0 Å². The summed E-state index contributed by atoms with van der Waals surface area (Å²) in [7, 11) is -1.85. The molecule has 2 aromatic heterocycles. The zero-order valence-electron chi connectivity index (χ0n) is 22.1. The Kier molecular flexibility index (Phi) is 7.63. The van der Waals surface area contributed by atoms with E-state index in [1.54, 1.807) is 0 Å². The number of hydrogen-bond donors (Lipinski definition) is 3. The van der Waals surface area contributed by atoms with Crippen LogP contribution < -0.4 is 10.1 Å².